The third kappa shape index (κ3) is 4.33. The third-order valence-corrected chi connectivity index (χ3v) is 6.22. The number of fused-ring (bicyclic) bond motifs is 3. The van der Waals surface area contributed by atoms with Crippen LogP contribution in [0.3, 0.4) is 0 Å². The van der Waals surface area contributed by atoms with Crippen molar-refractivity contribution in [2.75, 3.05) is 12.4 Å². The Balaban J connectivity index is 1.48. The minimum absolute atomic E-state index is 0.0273. The molecule has 0 aliphatic heterocycles. The van der Waals surface area contributed by atoms with Crippen LogP contribution in [-0.2, 0) is 4.79 Å². The number of anilines is 1. The maximum Gasteiger partial charge on any atom is 0.242 e. The van der Waals surface area contributed by atoms with Gasteiger partial charge in [0.2, 0.25) is 11.9 Å². The topological polar surface area (TPSA) is 93.4 Å². The van der Waals surface area contributed by atoms with Crippen molar-refractivity contribution >= 4 is 28.4 Å². The van der Waals surface area contributed by atoms with Gasteiger partial charge < -0.3 is 15.4 Å². The van der Waals surface area contributed by atoms with Gasteiger partial charge in [-0.2, -0.15) is 4.52 Å². The van der Waals surface area contributed by atoms with E-state index in [2.05, 4.69) is 10.6 Å². The summed E-state index contributed by atoms with van der Waals surface area (Å²) < 4.78 is 6.94. The molecule has 8 heteroatoms. The highest BCUT2D eigenvalue weighted by Gasteiger charge is 2.22. The van der Waals surface area contributed by atoms with E-state index in [4.69, 9.17) is 19.8 Å². The fourth-order valence-electron chi connectivity index (χ4n) is 4.34. The maximum atomic E-state index is 12.8. The lowest BCUT2D eigenvalue weighted by atomic mass is 9.95. The highest BCUT2D eigenvalue weighted by Crippen LogP contribution is 2.25. The Morgan fingerprint density at radius 2 is 1.82 bits per heavy atom. The molecule has 33 heavy (non-hydrogen) atoms. The highest BCUT2D eigenvalue weighted by molar-refractivity contribution is 5.93. The van der Waals surface area contributed by atoms with Crippen LogP contribution in [0.15, 0.2) is 48.5 Å². The highest BCUT2D eigenvalue weighted by atomic mass is 16.5. The van der Waals surface area contributed by atoms with Gasteiger partial charge in [-0.05, 0) is 56.2 Å². The van der Waals surface area contributed by atoms with Gasteiger partial charge in [0.05, 0.1) is 12.6 Å². The molecule has 170 valence electrons. The van der Waals surface area contributed by atoms with Crippen LogP contribution in [0.4, 0.5) is 5.95 Å². The van der Waals surface area contributed by atoms with E-state index in [1.165, 1.54) is 19.3 Å². The number of methoxy groups -OCH3 is 1. The van der Waals surface area contributed by atoms with Crippen LogP contribution in [0.5, 0.6) is 5.75 Å². The zero-order valence-corrected chi connectivity index (χ0v) is 18.9. The van der Waals surface area contributed by atoms with Gasteiger partial charge in [-0.25, -0.2) is 9.97 Å². The molecule has 0 saturated heterocycles. The minimum atomic E-state index is -0.461. The van der Waals surface area contributed by atoms with E-state index in [0.717, 1.165) is 35.1 Å². The average Bonchev–Trinajstić information content (AvgIpc) is 3.31. The summed E-state index contributed by atoms with van der Waals surface area (Å²) in [5.74, 6) is 1.82. The van der Waals surface area contributed by atoms with Crippen LogP contribution >= 0.6 is 0 Å². The summed E-state index contributed by atoms with van der Waals surface area (Å²) in [6, 6.07) is 15.2. The van der Waals surface area contributed by atoms with E-state index in [-0.39, 0.29) is 11.9 Å². The maximum absolute atomic E-state index is 12.8. The van der Waals surface area contributed by atoms with Crippen molar-refractivity contribution in [1.82, 2.24) is 24.9 Å². The number of nitrogens with one attached hydrogen (secondary N) is 2. The fourth-order valence-corrected chi connectivity index (χ4v) is 4.34. The monoisotopic (exact) mass is 444 g/mol. The quantitative estimate of drug-likeness (QED) is 0.463. The second-order valence-electron chi connectivity index (χ2n) is 8.56. The number of ether oxygens (including phenoxy) is 1. The molecule has 1 aliphatic rings. The lowest BCUT2D eigenvalue weighted by molar-refractivity contribution is -0.122. The van der Waals surface area contributed by atoms with E-state index in [1.807, 2.05) is 55.5 Å². The van der Waals surface area contributed by atoms with Crippen molar-refractivity contribution in [2.24, 2.45) is 0 Å². The molecule has 0 spiro atoms. The van der Waals surface area contributed by atoms with Gasteiger partial charge in [0.25, 0.3) is 0 Å². The van der Waals surface area contributed by atoms with E-state index in [9.17, 15) is 4.79 Å². The second-order valence-corrected chi connectivity index (χ2v) is 8.56. The Labute approximate surface area is 192 Å². The Hall–Kier alpha value is -3.68. The number of hydrogen-bond acceptors (Lipinski definition) is 6. The van der Waals surface area contributed by atoms with Crippen LogP contribution in [0.1, 0.15) is 39.0 Å². The van der Waals surface area contributed by atoms with Gasteiger partial charge in [0.15, 0.2) is 11.5 Å². The average molecular weight is 445 g/mol. The number of rotatable bonds is 6. The predicted octanol–water partition coefficient (Wildman–Crippen LogP) is 4.20. The second kappa shape index (κ2) is 9.05. The van der Waals surface area contributed by atoms with E-state index >= 15 is 0 Å². The van der Waals surface area contributed by atoms with Crippen molar-refractivity contribution in [3.05, 3.63) is 48.5 Å². The Kier molecular flexibility index (Phi) is 5.81. The molecule has 1 atom stereocenters. The molecule has 1 unspecified atom stereocenters. The molecular formula is C25H28N6O2. The Bertz CT molecular complexity index is 1280. The number of benzene rings is 2. The summed E-state index contributed by atoms with van der Waals surface area (Å²) in [7, 11) is 1.64. The first-order chi connectivity index (χ1) is 16.1. The lowest BCUT2D eigenvalue weighted by Crippen LogP contribution is -2.44. The molecule has 4 aromatic rings. The van der Waals surface area contributed by atoms with Crippen molar-refractivity contribution in [1.29, 1.82) is 0 Å². The first-order valence-electron chi connectivity index (χ1n) is 11.5. The molecule has 8 nitrogen and oxygen atoms in total. The summed E-state index contributed by atoms with van der Waals surface area (Å²) in [5, 5.41) is 12.1. The molecule has 0 bridgehead atoms. The minimum Gasteiger partial charge on any atom is -0.497 e. The first kappa shape index (κ1) is 21.2. The molecular weight excluding hydrogens is 416 g/mol. The fraction of sp³-hybridized carbons (Fsp3) is 0.360. The molecule has 2 heterocycles. The first-order valence-corrected chi connectivity index (χ1v) is 11.5. The lowest BCUT2D eigenvalue weighted by Gasteiger charge is -2.25. The molecule has 1 saturated carbocycles. The molecule has 1 aliphatic carbocycles. The van der Waals surface area contributed by atoms with E-state index in [1.54, 1.807) is 11.6 Å². The van der Waals surface area contributed by atoms with E-state index in [0.29, 0.717) is 17.4 Å². The smallest absolute Gasteiger partial charge is 0.242 e. The Morgan fingerprint density at radius 3 is 2.58 bits per heavy atom. The Morgan fingerprint density at radius 1 is 1.06 bits per heavy atom. The number of nitrogens with zero attached hydrogens (tertiary/aromatic N) is 4. The number of aromatic nitrogens is 4. The van der Waals surface area contributed by atoms with Crippen LogP contribution in [-0.4, -0.2) is 44.7 Å². The SMILES string of the molecule is COc1ccc(-c2nc3c4ccccc4nc(NC(C)C(=O)NC4CCCCC4)n3n2)cc1. The third-order valence-electron chi connectivity index (χ3n) is 6.22. The van der Waals surface area contributed by atoms with Gasteiger partial charge in [-0.1, -0.05) is 31.4 Å². The molecule has 2 aromatic heterocycles. The van der Waals surface area contributed by atoms with Crippen LogP contribution < -0.4 is 15.4 Å². The number of para-hydroxylation sites is 1. The van der Waals surface area contributed by atoms with Gasteiger partial charge in [0.1, 0.15) is 11.8 Å². The zero-order chi connectivity index (χ0) is 22.8. The zero-order valence-electron chi connectivity index (χ0n) is 18.9. The summed E-state index contributed by atoms with van der Waals surface area (Å²) in [6.07, 6.45) is 5.69. The molecule has 0 radical (unpaired) electrons. The van der Waals surface area contributed by atoms with Crippen LogP contribution in [0.2, 0.25) is 0 Å². The largest absolute Gasteiger partial charge is 0.497 e. The number of amides is 1. The summed E-state index contributed by atoms with van der Waals surface area (Å²) in [5.41, 5.74) is 2.35. The van der Waals surface area contributed by atoms with Crippen molar-refractivity contribution in [3.63, 3.8) is 0 Å². The number of carbonyl (C=O) groups is 1. The van der Waals surface area contributed by atoms with Crippen molar-refractivity contribution in [3.8, 4) is 17.1 Å². The number of carbonyl (C=O) groups excluding carboxylic acids is 1. The molecule has 2 N–H and O–H groups in total. The molecule has 1 fully saturated rings. The summed E-state index contributed by atoms with van der Waals surface area (Å²) >= 11 is 0. The van der Waals surface area contributed by atoms with Gasteiger partial charge in [0, 0.05) is 17.0 Å². The van der Waals surface area contributed by atoms with Crippen molar-refractivity contribution < 1.29 is 9.53 Å². The standard InChI is InChI=1S/C25H28N6O2/c1-16(24(32)27-18-8-4-3-5-9-18)26-25-28-21-11-7-6-10-20(21)23-29-22(30-31(23)25)17-12-14-19(33-2)15-13-17/h6-7,10-16,18H,3-5,8-9H2,1-2H3,(H,26,28)(H,27,32). The van der Waals surface area contributed by atoms with Crippen LogP contribution in [0, 0.1) is 0 Å². The number of hydrogen-bond donors (Lipinski definition) is 2. The molecule has 2 aromatic carbocycles. The van der Waals surface area contributed by atoms with Gasteiger partial charge in [-0.15, -0.1) is 5.10 Å². The predicted molar refractivity (Wildman–Crippen MR) is 128 cm³/mol. The van der Waals surface area contributed by atoms with Crippen molar-refractivity contribution in [2.45, 2.75) is 51.1 Å². The molecule has 5 rings (SSSR count). The molecule has 1 amide bonds. The summed E-state index contributed by atoms with van der Waals surface area (Å²) in [4.78, 5) is 22.4. The van der Waals surface area contributed by atoms with Gasteiger partial charge >= 0.3 is 0 Å². The normalized spacial score (nSPS) is 15.5. The van der Waals surface area contributed by atoms with Crippen LogP contribution in [0.25, 0.3) is 27.9 Å². The van der Waals surface area contributed by atoms with Gasteiger partial charge in [-0.3, -0.25) is 4.79 Å². The van der Waals surface area contributed by atoms with E-state index < -0.39 is 6.04 Å². The summed E-state index contributed by atoms with van der Waals surface area (Å²) in [6.45, 7) is 1.85.